The molecule has 1 aliphatic rings. The zero-order valence-corrected chi connectivity index (χ0v) is 21.1. The van der Waals surface area contributed by atoms with E-state index in [9.17, 15) is 23.1 Å². The van der Waals surface area contributed by atoms with Crippen LogP contribution >= 0.6 is 23.2 Å². The topological polar surface area (TPSA) is 101 Å². The number of fused-ring (bicyclic) bond motifs is 1. The van der Waals surface area contributed by atoms with Crippen molar-refractivity contribution < 1.29 is 27.9 Å². The van der Waals surface area contributed by atoms with Gasteiger partial charge in [-0.3, -0.25) is 4.79 Å². The van der Waals surface area contributed by atoms with Crippen molar-refractivity contribution in [1.82, 2.24) is 4.31 Å². The lowest BCUT2D eigenvalue weighted by atomic mass is 9.96. The molecule has 1 N–H and O–H groups in total. The SMILES string of the molecule is CC(C)c1cccc2c1C(=O)N(Cc1cc(Cl)c(C(=O)O)c(Cl)c1OCc1ccccc1)S2(=O)=O. The van der Waals surface area contributed by atoms with Gasteiger partial charge < -0.3 is 9.84 Å². The Morgan fingerprint density at radius 1 is 1.09 bits per heavy atom. The molecule has 0 aromatic heterocycles. The molecule has 3 aromatic carbocycles. The maximum Gasteiger partial charge on any atom is 0.338 e. The van der Waals surface area contributed by atoms with Gasteiger partial charge in [-0.15, -0.1) is 0 Å². The Morgan fingerprint density at radius 2 is 1.77 bits per heavy atom. The minimum absolute atomic E-state index is 0.0344. The molecule has 0 fully saturated rings. The molecule has 0 aliphatic carbocycles. The quantitative estimate of drug-likeness (QED) is 0.415. The second kappa shape index (κ2) is 9.53. The molecule has 35 heavy (non-hydrogen) atoms. The number of ether oxygens (including phenoxy) is 1. The molecule has 1 amide bonds. The molecule has 10 heteroatoms. The third-order valence-corrected chi connectivity index (χ3v) is 8.12. The van der Waals surface area contributed by atoms with E-state index in [0.717, 1.165) is 9.87 Å². The lowest BCUT2D eigenvalue weighted by Gasteiger charge is -2.20. The van der Waals surface area contributed by atoms with Crippen LogP contribution in [-0.2, 0) is 23.2 Å². The van der Waals surface area contributed by atoms with Gasteiger partial charge in [0.15, 0.2) is 0 Å². The molecule has 0 saturated heterocycles. The zero-order valence-electron chi connectivity index (χ0n) is 18.8. The zero-order chi connectivity index (χ0) is 25.5. The van der Waals surface area contributed by atoms with Crippen molar-refractivity contribution in [1.29, 1.82) is 0 Å². The van der Waals surface area contributed by atoms with Crippen LogP contribution in [0.15, 0.2) is 59.5 Å². The molecular weight excluding hydrogens is 513 g/mol. The van der Waals surface area contributed by atoms with E-state index in [-0.39, 0.29) is 49.9 Å². The number of nitrogens with zero attached hydrogens (tertiary/aromatic N) is 1. The normalized spacial score (nSPS) is 14.3. The smallest absolute Gasteiger partial charge is 0.338 e. The Morgan fingerprint density at radius 3 is 2.40 bits per heavy atom. The highest BCUT2D eigenvalue weighted by Gasteiger charge is 2.43. The lowest BCUT2D eigenvalue weighted by Crippen LogP contribution is -2.30. The van der Waals surface area contributed by atoms with Crippen molar-refractivity contribution >= 4 is 45.1 Å². The summed E-state index contributed by atoms with van der Waals surface area (Å²) in [5.41, 5.74) is 1.32. The lowest BCUT2D eigenvalue weighted by molar-refractivity contribution is 0.0695. The van der Waals surface area contributed by atoms with Crippen LogP contribution < -0.4 is 4.74 Å². The molecule has 7 nitrogen and oxygen atoms in total. The first-order valence-electron chi connectivity index (χ1n) is 10.6. The van der Waals surface area contributed by atoms with Gasteiger partial charge in [0, 0.05) is 5.56 Å². The molecule has 0 spiro atoms. The highest BCUT2D eigenvalue weighted by atomic mass is 35.5. The Balaban J connectivity index is 1.79. The van der Waals surface area contributed by atoms with Crippen LogP contribution in [0, 0.1) is 0 Å². The molecule has 0 radical (unpaired) electrons. The van der Waals surface area contributed by atoms with E-state index in [4.69, 9.17) is 27.9 Å². The molecular formula is C25H21Cl2NO6S. The van der Waals surface area contributed by atoms with Gasteiger partial charge in [0.25, 0.3) is 15.9 Å². The fraction of sp³-hybridized carbons (Fsp3) is 0.200. The Labute approximate surface area is 212 Å². The monoisotopic (exact) mass is 533 g/mol. The van der Waals surface area contributed by atoms with Crippen LogP contribution in [0.4, 0.5) is 0 Å². The number of carboxylic acids is 1. The fourth-order valence-electron chi connectivity index (χ4n) is 3.99. The first-order chi connectivity index (χ1) is 16.5. The molecule has 1 aliphatic heterocycles. The minimum atomic E-state index is -4.16. The van der Waals surface area contributed by atoms with Crippen molar-refractivity contribution in [3.8, 4) is 5.75 Å². The number of carbonyl (C=O) groups excluding carboxylic acids is 1. The van der Waals surface area contributed by atoms with E-state index in [1.54, 1.807) is 24.3 Å². The average Bonchev–Trinajstić information content (AvgIpc) is 2.99. The van der Waals surface area contributed by atoms with Crippen LogP contribution in [-0.4, -0.2) is 29.7 Å². The second-order valence-electron chi connectivity index (χ2n) is 8.31. The van der Waals surface area contributed by atoms with Gasteiger partial charge in [-0.2, -0.15) is 0 Å². The average molecular weight is 534 g/mol. The number of carboxylic acid groups (broad SMARTS) is 1. The molecule has 4 rings (SSSR count). The van der Waals surface area contributed by atoms with E-state index < -0.39 is 28.4 Å². The Bertz CT molecular complexity index is 1440. The van der Waals surface area contributed by atoms with Gasteiger partial charge in [-0.1, -0.05) is 79.5 Å². The van der Waals surface area contributed by atoms with Gasteiger partial charge in [0.1, 0.15) is 22.8 Å². The van der Waals surface area contributed by atoms with Gasteiger partial charge in [-0.25, -0.2) is 17.5 Å². The number of hydrogen-bond donors (Lipinski definition) is 1. The molecule has 3 aromatic rings. The van der Waals surface area contributed by atoms with Crippen LogP contribution in [0.3, 0.4) is 0 Å². The number of aromatic carboxylic acids is 1. The molecule has 0 atom stereocenters. The van der Waals surface area contributed by atoms with E-state index in [1.165, 1.54) is 12.1 Å². The van der Waals surface area contributed by atoms with Crippen LogP contribution in [0.2, 0.25) is 10.0 Å². The summed E-state index contributed by atoms with van der Waals surface area (Å²) in [4.78, 5) is 25.0. The maximum atomic E-state index is 13.3. The van der Waals surface area contributed by atoms with Crippen LogP contribution in [0.1, 0.15) is 57.2 Å². The van der Waals surface area contributed by atoms with Gasteiger partial charge in [0.05, 0.1) is 22.2 Å². The Kier molecular flexibility index (Phi) is 6.81. The molecule has 0 bridgehead atoms. The number of hydrogen-bond acceptors (Lipinski definition) is 5. The summed E-state index contributed by atoms with van der Waals surface area (Å²) in [5, 5.41) is 9.09. The third kappa shape index (κ3) is 4.49. The van der Waals surface area contributed by atoms with Gasteiger partial charge in [-0.05, 0) is 29.2 Å². The van der Waals surface area contributed by atoms with Gasteiger partial charge in [0.2, 0.25) is 0 Å². The standard InChI is InChI=1S/C25H21Cl2NO6S/c1-14(2)17-9-6-10-19-20(17)24(29)28(35(19,32)33)12-16-11-18(26)21(25(30)31)22(27)23(16)34-13-15-7-4-3-5-8-15/h3-11,14H,12-13H2,1-2H3,(H,30,31). The first kappa shape index (κ1) is 25.0. The summed E-state index contributed by atoms with van der Waals surface area (Å²) >= 11 is 12.6. The first-order valence-corrected chi connectivity index (χ1v) is 12.8. The van der Waals surface area contributed by atoms with E-state index in [0.29, 0.717) is 5.56 Å². The highest BCUT2D eigenvalue weighted by molar-refractivity contribution is 7.90. The fourth-order valence-corrected chi connectivity index (χ4v) is 6.27. The van der Waals surface area contributed by atoms with Crippen molar-refractivity contribution in [2.45, 2.75) is 37.8 Å². The number of rotatable bonds is 7. The summed E-state index contributed by atoms with van der Waals surface area (Å²) in [6.07, 6.45) is 0. The van der Waals surface area contributed by atoms with E-state index in [2.05, 4.69) is 0 Å². The number of halogens is 2. The highest BCUT2D eigenvalue weighted by Crippen LogP contribution is 2.41. The Hall–Kier alpha value is -3.07. The number of amides is 1. The number of sulfonamides is 1. The molecule has 1 heterocycles. The summed E-state index contributed by atoms with van der Waals surface area (Å²) < 4.78 is 33.2. The largest absolute Gasteiger partial charge is 0.487 e. The minimum Gasteiger partial charge on any atom is -0.487 e. The van der Waals surface area contributed by atoms with Crippen molar-refractivity contribution in [2.24, 2.45) is 0 Å². The van der Waals surface area contributed by atoms with Crippen molar-refractivity contribution in [2.75, 3.05) is 0 Å². The molecule has 0 unspecified atom stereocenters. The summed E-state index contributed by atoms with van der Waals surface area (Å²) in [6.45, 7) is 3.35. The summed E-state index contributed by atoms with van der Waals surface area (Å²) in [7, 11) is -4.16. The van der Waals surface area contributed by atoms with E-state index >= 15 is 0 Å². The summed E-state index contributed by atoms with van der Waals surface area (Å²) in [5.74, 6) is -2.17. The maximum absolute atomic E-state index is 13.3. The second-order valence-corrected chi connectivity index (χ2v) is 10.9. The predicted molar refractivity (Wildman–Crippen MR) is 132 cm³/mol. The third-order valence-electron chi connectivity index (χ3n) is 5.69. The van der Waals surface area contributed by atoms with Crippen molar-refractivity contribution in [3.63, 3.8) is 0 Å². The summed E-state index contributed by atoms with van der Waals surface area (Å²) in [6, 6.07) is 15.1. The molecule has 182 valence electrons. The predicted octanol–water partition coefficient (Wildman–Crippen LogP) is 5.74. The van der Waals surface area contributed by atoms with E-state index in [1.807, 2.05) is 32.0 Å². The molecule has 0 saturated carbocycles. The van der Waals surface area contributed by atoms with Crippen LogP contribution in [0.5, 0.6) is 5.75 Å². The van der Waals surface area contributed by atoms with Crippen molar-refractivity contribution in [3.05, 3.63) is 92.5 Å². The van der Waals surface area contributed by atoms with Gasteiger partial charge >= 0.3 is 5.97 Å². The van der Waals surface area contributed by atoms with Crippen LogP contribution in [0.25, 0.3) is 0 Å². The number of benzene rings is 3. The number of carbonyl (C=O) groups is 2.